The van der Waals surface area contributed by atoms with E-state index in [0.717, 1.165) is 5.01 Å². The zero-order valence-corrected chi connectivity index (χ0v) is 10.4. The molecule has 6 heteroatoms. The number of alkyl carbamates (subject to hydrolysis) is 1. The van der Waals surface area contributed by atoms with E-state index in [9.17, 15) is 4.79 Å². The van der Waals surface area contributed by atoms with Crippen LogP contribution in [0.3, 0.4) is 0 Å². The molecule has 1 aromatic heterocycles. The standard InChI is InChI=1S/C9H13ClN2O2S/c1-9(2,3)14-8(13)11-4-7-12-6(10)5-15-7/h5H,4H2,1-3H3,(H,11,13). The van der Waals surface area contributed by atoms with Crippen LogP contribution in [0.15, 0.2) is 5.38 Å². The van der Waals surface area contributed by atoms with Gasteiger partial charge in [-0.3, -0.25) is 0 Å². The highest BCUT2D eigenvalue weighted by Crippen LogP contribution is 2.14. The third-order valence-electron chi connectivity index (χ3n) is 1.31. The molecule has 1 N–H and O–H groups in total. The van der Waals surface area contributed by atoms with Crippen LogP contribution < -0.4 is 5.32 Å². The fourth-order valence-electron chi connectivity index (χ4n) is 0.832. The van der Waals surface area contributed by atoms with Crippen LogP contribution in [0.2, 0.25) is 5.15 Å². The number of carbonyl (C=O) groups is 1. The molecule has 1 rings (SSSR count). The van der Waals surface area contributed by atoms with Crippen molar-refractivity contribution >= 4 is 29.0 Å². The summed E-state index contributed by atoms with van der Waals surface area (Å²) in [5.41, 5.74) is -0.482. The van der Waals surface area contributed by atoms with Crippen molar-refractivity contribution in [3.8, 4) is 0 Å². The number of amides is 1. The Balaban J connectivity index is 2.35. The van der Waals surface area contributed by atoms with Gasteiger partial charge in [0.2, 0.25) is 0 Å². The van der Waals surface area contributed by atoms with Crippen LogP contribution in [0, 0.1) is 0 Å². The van der Waals surface area contributed by atoms with Gasteiger partial charge in [-0.1, -0.05) is 11.6 Å². The minimum atomic E-state index is -0.482. The summed E-state index contributed by atoms with van der Waals surface area (Å²) in [6, 6.07) is 0. The molecule has 0 aromatic carbocycles. The number of ether oxygens (including phenoxy) is 1. The Hall–Kier alpha value is -0.810. The van der Waals surface area contributed by atoms with Crippen LogP contribution in [0.5, 0.6) is 0 Å². The molecule has 0 saturated carbocycles. The first-order chi connectivity index (χ1) is 6.87. The van der Waals surface area contributed by atoms with E-state index in [1.54, 1.807) is 5.38 Å². The first kappa shape index (κ1) is 12.3. The number of rotatable bonds is 2. The van der Waals surface area contributed by atoms with Gasteiger partial charge in [0.25, 0.3) is 0 Å². The smallest absolute Gasteiger partial charge is 0.408 e. The summed E-state index contributed by atoms with van der Waals surface area (Å²) in [7, 11) is 0. The molecule has 0 aliphatic rings. The van der Waals surface area contributed by atoms with E-state index in [2.05, 4.69) is 10.3 Å². The number of hydrogen-bond acceptors (Lipinski definition) is 4. The molecule has 15 heavy (non-hydrogen) atoms. The summed E-state index contributed by atoms with van der Waals surface area (Å²) in [5.74, 6) is 0. The third-order valence-corrected chi connectivity index (χ3v) is 2.48. The second-order valence-corrected chi connectivity index (χ2v) is 5.25. The van der Waals surface area contributed by atoms with Crippen molar-refractivity contribution < 1.29 is 9.53 Å². The third kappa shape index (κ3) is 4.99. The SMILES string of the molecule is CC(C)(C)OC(=O)NCc1nc(Cl)cs1. The van der Waals surface area contributed by atoms with Crippen molar-refractivity contribution in [2.45, 2.75) is 32.9 Å². The molecule has 0 radical (unpaired) electrons. The first-order valence-corrected chi connectivity index (χ1v) is 5.69. The summed E-state index contributed by atoms with van der Waals surface area (Å²) in [6.07, 6.45) is -0.450. The fourth-order valence-corrected chi connectivity index (χ4v) is 1.71. The molecule has 1 amide bonds. The van der Waals surface area contributed by atoms with E-state index in [0.29, 0.717) is 11.7 Å². The Morgan fingerprint density at radius 2 is 2.33 bits per heavy atom. The first-order valence-electron chi connectivity index (χ1n) is 4.43. The maximum absolute atomic E-state index is 11.2. The normalized spacial score (nSPS) is 11.2. The van der Waals surface area contributed by atoms with Crippen LogP contribution in [0.25, 0.3) is 0 Å². The molecule has 1 aromatic rings. The lowest BCUT2D eigenvalue weighted by atomic mass is 10.2. The molecule has 0 atom stereocenters. The molecule has 4 nitrogen and oxygen atoms in total. The maximum Gasteiger partial charge on any atom is 0.408 e. The van der Waals surface area contributed by atoms with E-state index in [1.165, 1.54) is 11.3 Å². The molecular formula is C9H13ClN2O2S. The van der Waals surface area contributed by atoms with Crippen molar-refractivity contribution in [3.63, 3.8) is 0 Å². The van der Waals surface area contributed by atoms with Crippen molar-refractivity contribution in [1.29, 1.82) is 0 Å². The zero-order valence-electron chi connectivity index (χ0n) is 8.83. The van der Waals surface area contributed by atoms with Gasteiger partial charge in [0.15, 0.2) is 0 Å². The zero-order chi connectivity index (χ0) is 11.5. The van der Waals surface area contributed by atoms with Crippen molar-refractivity contribution in [2.75, 3.05) is 0 Å². The van der Waals surface area contributed by atoms with Gasteiger partial charge in [-0.2, -0.15) is 0 Å². The second kappa shape index (κ2) is 4.81. The molecule has 84 valence electrons. The van der Waals surface area contributed by atoms with Crippen LogP contribution in [0.1, 0.15) is 25.8 Å². The van der Waals surface area contributed by atoms with E-state index < -0.39 is 11.7 Å². The van der Waals surface area contributed by atoms with Crippen molar-refractivity contribution in [3.05, 3.63) is 15.5 Å². The number of nitrogens with zero attached hydrogens (tertiary/aromatic N) is 1. The molecular weight excluding hydrogens is 236 g/mol. The average Bonchev–Trinajstić information content (AvgIpc) is 2.45. The van der Waals surface area contributed by atoms with Crippen LogP contribution >= 0.6 is 22.9 Å². The lowest BCUT2D eigenvalue weighted by Gasteiger charge is -2.19. The van der Waals surface area contributed by atoms with Gasteiger partial charge in [0.1, 0.15) is 15.8 Å². The molecule has 0 spiro atoms. The number of hydrogen-bond donors (Lipinski definition) is 1. The van der Waals surface area contributed by atoms with Gasteiger partial charge in [0.05, 0.1) is 6.54 Å². The highest BCUT2D eigenvalue weighted by Gasteiger charge is 2.15. The lowest BCUT2D eigenvalue weighted by Crippen LogP contribution is -2.32. The molecule has 1 heterocycles. The summed E-state index contributed by atoms with van der Waals surface area (Å²) < 4.78 is 5.06. The molecule has 0 fully saturated rings. The fraction of sp³-hybridized carbons (Fsp3) is 0.556. The number of aromatic nitrogens is 1. The Labute approximate surface area is 97.6 Å². The minimum Gasteiger partial charge on any atom is -0.444 e. The quantitative estimate of drug-likeness (QED) is 0.876. The van der Waals surface area contributed by atoms with Gasteiger partial charge >= 0.3 is 6.09 Å². The summed E-state index contributed by atoms with van der Waals surface area (Å²) in [6.45, 7) is 5.78. The second-order valence-electron chi connectivity index (χ2n) is 3.92. The monoisotopic (exact) mass is 248 g/mol. The predicted octanol–water partition coefficient (Wildman–Crippen LogP) is 2.82. The topological polar surface area (TPSA) is 51.2 Å². The van der Waals surface area contributed by atoms with Crippen LogP contribution in [0.4, 0.5) is 4.79 Å². The number of halogens is 1. The van der Waals surface area contributed by atoms with E-state index in [-0.39, 0.29) is 0 Å². The van der Waals surface area contributed by atoms with Gasteiger partial charge < -0.3 is 10.1 Å². The van der Waals surface area contributed by atoms with Gasteiger partial charge in [-0.05, 0) is 20.8 Å². The van der Waals surface area contributed by atoms with Crippen molar-refractivity contribution in [2.24, 2.45) is 0 Å². The van der Waals surface area contributed by atoms with Gasteiger partial charge in [0, 0.05) is 5.38 Å². The van der Waals surface area contributed by atoms with E-state index in [4.69, 9.17) is 16.3 Å². The Morgan fingerprint density at radius 1 is 1.67 bits per heavy atom. The largest absolute Gasteiger partial charge is 0.444 e. The summed E-state index contributed by atoms with van der Waals surface area (Å²) in [5, 5.41) is 5.51. The molecule has 0 aliphatic heterocycles. The lowest BCUT2D eigenvalue weighted by molar-refractivity contribution is 0.0523. The average molecular weight is 249 g/mol. The number of thiazole rings is 1. The van der Waals surface area contributed by atoms with Crippen LogP contribution in [-0.4, -0.2) is 16.7 Å². The van der Waals surface area contributed by atoms with Crippen LogP contribution in [-0.2, 0) is 11.3 Å². The summed E-state index contributed by atoms with van der Waals surface area (Å²) in [4.78, 5) is 15.2. The predicted molar refractivity (Wildman–Crippen MR) is 60.2 cm³/mol. The van der Waals surface area contributed by atoms with E-state index >= 15 is 0 Å². The number of carbonyl (C=O) groups excluding carboxylic acids is 1. The molecule has 0 saturated heterocycles. The Morgan fingerprint density at radius 3 is 2.80 bits per heavy atom. The Bertz CT molecular complexity index is 346. The number of nitrogens with one attached hydrogen (secondary N) is 1. The van der Waals surface area contributed by atoms with Gasteiger partial charge in [-0.25, -0.2) is 9.78 Å². The molecule has 0 bridgehead atoms. The molecule has 0 aliphatic carbocycles. The molecule has 0 unspecified atom stereocenters. The van der Waals surface area contributed by atoms with Gasteiger partial charge in [-0.15, -0.1) is 11.3 Å². The Kier molecular flexibility index (Phi) is 3.93. The van der Waals surface area contributed by atoms with Crippen molar-refractivity contribution in [1.82, 2.24) is 10.3 Å². The van der Waals surface area contributed by atoms with E-state index in [1.807, 2.05) is 20.8 Å². The minimum absolute atomic E-state index is 0.340. The highest BCUT2D eigenvalue weighted by atomic mass is 35.5. The highest BCUT2D eigenvalue weighted by molar-refractivity contribution is 7.10. The maximum atomic E-state index is 11.2. The summed E-state index contributed by atoms with van der Waals surface area (Å²) >= 11 is 7.03.